The molecule has 1 aliphatic rings. The fourth-order valence-electron chi connectivity index (χ4n) is 3.63. The predicted octanol–water partition coefficient (Wildman–Crippen LogP) is 3.17. The van der Waals surface area contributed by atoms with Crippen LogP contribution in [0.4, 0.5) is 5.69 Å². The molecule has 0 saturated heterocycles. The molecule has 0 aromatic carbocycles. The van der Waals surface area contributed by atoms with Crippen molar-refractivity contribution in [1.82, 2.24) is 14.5 Å². The Labute approximate surface area is 166 Å². The summed E-state index contributed by atoms with van der Waals surface area (Å²) < 4.78 is 1.89. The number of pyridine rings is 3. The molecule has 1 saturated carbocycles. The number of carbonyl (C=O) groups excluding carboxylic acids is 1. The predicted molar refractivity (Wildman–Crippen MR) is 107 cm³/mol. The first-order valence-electron chi connectivity index (χ1n) is 9.13. The molecule has 4 rings (SSSR count). The Kier molecular flexibility index (Phi) is 5.11. The Bertz CT molecular complexity index is 1090. The molecule has 0 radical (unpaired) electrons. The van der Waals surface area contributed by atoms with E-state index in [0.717, 1.165) is 12.8 Å². The summed E-state index contributed by atoms with van der Waals surface area (Å²) in [6.45, 7) is 0. The second-order valence-corrected chi connectivity index (χ2v) is 7.33. The lowest BCUT2D eigenvalue weighted by molar-refractivity contribution is 0.102. The van der Waals surface area contributed by atoms with Gasteiger partial charge in [-0.2, -0.15) is 0 Å². The Hall–Kier alpha value is -2.77. The SMILES string of the molecule is O=C(Nc1ccncc1Cl)c1cn(C2CCC(O)CC2)c2ncccc2c1=O. The third-order valence-electron chi connectivity index (χ3n) is 5.11. The van der Waals surface area contributed by atoms with Gasteiger partial charge in [0.15, 0.2) is 0 Å². The van der Waals surface area contributed by atoms with E-state index in [1.165, 1.54) is 12.4 Å². The van der Waals surface area contributed by atoms with Gasteiger partial charge in [0.05, 0.1) is 22.2 Å². The van der Waals surface area contributed by atoms with Gasteiger partial charge < -0.3 is 15.0 Å². The molecule has 3 aromatic rings. The van der Waals surface area contributed by atoms with Crippen LogP contribution in [0.25, 0.3) is 11.0 Å². The van der Waals surface area contributed by atoms with Crippen LogP contribution in [-0.2, 0) is 0 Å². The van der Waals surface area contributed by atoms with Crippen molar-refractivity contribution in [2.45, 2.75) is 37.8 Å². The summed E-state index contributed by atoms with van der Waals surface area (Å²) in [6.07, 6.45) is 8.71. The van der Waals surface area contributed by atoms with Gasteiger partial charge in [0, 0.05) is 30.8 Å². The van der Waals surface area contributed by atoms with E-state index in [0.29, 0.717) is 34.6 Å². The number of hydrogen-bond acceptors (Lipinski definition) is 5. The molecule has 0 aliphatic heterocycles. The second-order valence-electron chi connectivity index (χ2n) is 6.93. The van der Waals surface area contributed by atoms with Crippen molar-refractivity contribution in [3.05, 3.63) is 63.8 Å². The maximum atomic E-state index is 12.9. The molecule has 0 spiro atoms. The fraction of sp³-hybridized carbons (Fsp3) is 0.300. The molecule has 1 aliphatic carbocycles. The zero-order valence-electron chi connectivity index (χ0n) is 15.0. The van der Waals surface area contributed by atoms with Crippen molar-refractivity contribution in [3.63, 3.8) is 0 Å². The zero-order valence-corrected chi connectivity index (χ0v) is 15.8. The molecule has 2 N–H and O–H groups in total. The lowest BCUT2D eigenvalue weighted by Crippen LogP contribution is -2.27. The Morgan fingerprint density at radius 1 is 1.21 bits per heavy atom. The van der Waals surface area contributed by atoms with Gasteiger partial charge in [-0.05, 0) is 43.9 Å². The number of nitrogens with zero attached hydrogens (tertiary/aromatic N) is 3. The van der Waals surface area contributed by atoms with Gasteiger partial charge >= 0.3 is 0 Å². The highest BCUT2D eigenvalue weighted by molar-refractivity contribution is 6.33. The molecule has 28 heavy (non-hydrogen) atoms. The summed E-state index contributed by atoms with van der Waals surface area (Å²) in [6, 6.07) is 5.00. The number of rotatable bonds is 3. The van der Waals surface area contributed by atoms with Crippen LogP contribution in [-0.4, -0.2) is 31.7 Å². The molecule has 3 aromatic heterocycles. The molecule has 0 atom stereocenters. The number of aliphatic hydroxyl groups is 1. The van der Waals surface area contributed by atoms with E-state index in [2.05, 4.69) is 15.3 Å². The fourth-order valence-corrected chi connectivity index (χ4v) is 3.79. The first-order valence-corrected chi connectivity index (χ1v) is 9.51. The third-order valence-corrected chi connectivity index (χ3v) is 5.41. The normalized spacial score (nSPS) is 19.5. The van der Waals surface area contributed by atoms with Crippen molar-refractivity contribution >= 4 is 34.2 Å². The number of anilines is 1. The average molecular weight is 399 g/mol. The third kappa shape index (κ3) is 3.50. The van der Waals surface area contributed by atoms with Crippen molar-refractivity contribution < 1.29 is 9.90 Å². The van der Waals surface area contributed by atoms with Crippen molar-refractivity contribution in [3.8, 4) is 0 Å². The minimum atomic E-state index is -0.534. The van der Waals surface area contributed by atoms with E-state index in [1.54, 1.807) is 30.6 Å². The van der Waals surface area contributed by atoms with Crippen LogP contribution in [0.15, 0.2) is 47.8 Å². The second kappa shape index (κ2) is 7.69. The number of fused-ring (bicyclic) bond motifs is 1. The maximum Gasteiger partial charge on any atom is 0.261 e. The van der Waals surface area contributed by atoms with Crippen LogP contribution in [0.2, 0.25) is 5.02 Å². The number of halogens is 1. The molecule has 1 fully saturated rings. The smallest absolute Gasteiger partial charge is 0.261 e. The standard InChI is InChI=1S/C20H19ClN4O3/c21-16-10-22-9-7-17(16)24-20(28)15-11-25(12-3-5-13(26)6-4-12)19-14(18(15)27)2-1-8-23-19/h1-2,7-13,26H,3-6H2,(H,22,24,28). The van der Waals surface area contributed by atoms with Gasteiger partial charge in [-0.3, -0.25) is 14.6 Å². The van der Waals surface area contributed by atoms with Crippen LogP contribution in [0, 0.1) is 0 Å². The highest BCUT2D eigenvalue weighted by Gasteiger charge is 2.24. The maximum absolute atomic E-state index is 12.9. The van der Waals surface area contributed by atoms with Crippen molar-refractivity contribution in [1.29, 1.82) is 0 Å². The highest BCUT2D eigenvalue weighted by atomic mass is 35.5. The topological polar surface area (TPSA) is 97.1 Å². The molecule has 1 amide bonds. The summed E-state index contributed by atoms with van der Waals surface area (Å²) in [5, 5.41) is 13.2. The largest absolute Gasteiger partial charge is 0.393 e. The van der Waals surface area contributed by atoms with Gasteiger partial charge in [-0.15, -0.1) is 0 Å². The van der Waals surface area contributed by atoms with E-state index in [-0.39, 0.29) is 23.1 Å². The molecule has 0 bridgehead atoms. The number of hydrogen-bond donors (Lipinski definition) is 2. The number of carbonyl (C=O) groups is 1. The van der Waals surface area contributed by atoms with Crippen LogP contribution in [0.1, 0.15) is 42.1 Å². The minimum Gasteiger partial charge on any atom is -0.393 e. The minimum absolute atomic E-state index is 0.0273. The van der Waals surface area contributed by atoms with Gasteiger partial charge in [-0.25, -0.2) is 4.98 Å². The zero-order chi connectivity index (χ0) is 19.7. The van der Waals surface area contributed by atoms with Crippen LogP contribution in [0.5, 0.6) is 0 Å². The summed E-state index contributed by atoms with van der Waals surface area (Å²) in [5.74, 6) is -0.534. The number of aromatic nitrogens is 3. The summed E-state index contributed by atoms with van der Waals surface area (Å²) in [5.41, 5.74) is 0.587. The molecular formula is C20H19ClN4O3. The molecule has 3 heterocycles. The van der Waals surface area contributed by atoms with Gasteiger partial charge in [0.2, 0.25) is 5.43 Å². The Morgan fingerprint density at radius 2 is 2.00 bits per heavy atom. The molecule has 8 heteroatoms. The van der Waals surface area contributed by atoms with Crippen molar-refractivity contribution in [2.75, 3.05) is 5.32 Å². The number of nitrogens with one attached hydrogen (secondary N) is 1. The van der Waals surface area contributed by atoms with E-state index < -0.39 is 5.91 Å². The quantitative estimate of drug-likeness (QED) is 0.706. The van der Waals surface area contributed by atoms with E-state index in [4.69, 9.17) is 11.6 Å². The molecule has 7 nitrogen and oxygen atoms in total. The van der Waals surface area contributed by atoms with E-state index >= 15 is 0 Å². The first kappa shape index (κ1) is 18.6. The van der Waals surface area contributed by atoms with Crippen LogP contribution < -0.4 is 10.7 Å². The summed E-state index contributed by atoms with van der Waals surface area (Å²) in [7, 11) is 0. The monoisotopic (exact) mass is 398 g/mol. The van der Waals surface area contributed by atoms with Crippen LogP contribution >= 0.6 is 11.6 Å². The van der Waals surface area contributed by atoms with Crippen molar-refractivity contribution in [2.24, 2.45) is 0 Å². The highest BCUT2D eigenvalue weighted by Crippen LogP contribution is 2.30. The Morgan fingerprint density at radius 3 is 2.75 bits per heavy atom. The van der Waals surface area contributed by atoms with Gasteiger partial charge in [-0.1, -0.05) is 11.6 Å². The molecule has 0 unspecified atom stereocenters. The molecular weight excluding hydrogens is 380 g/mol. The van der Waals surface area contributed by atoms with Gasteiger partial charge in [0.25, 0.3) is 5.91 Å². The van der Waals surface area contributed by atoms with E-state index in [1.807, 2.05) is 4.57 Å². The number of aliphatic hydroxyl groups excluding tert-OH is 1. The first-order chi connectivity index (χ1) is 13.5. The van der Waals surface area contributed by atoms with Crippen LogP contribution in [0.3, 0.4) is 0 Å². The average Bonchev–Trinajstić information content (AvgIpc) is 2.71. The number of amides is 1. The summed E-state index contributed by atoms with van der Waals surface area (Å²) >= 11 is 6.06. The van der Waals surface area contributed by atoms with E-state index in [9.17, 15) is 14.7 Å². The molecule has 144 valence electrons. The Balaban J connectivity index is 1.78. The lowest BCUT2D eigenvalue weighted by Gasteiger charge is -2.28. The summed E-state index contributed by atoms with van der Waals surface area (Å²) in [4.78, 5) is 34.0. The van der Waals surface area contributed by atoms with Gasteiger partial charge in [0.1, 0.15) is 11.2 Å². The lowest BCUT2D eigenvalue weighted by atomic mass is 9.92.